The molecule has 0 aromatic carbocycles. The molecular formula is C13H19N3OS. The van der Waals surface area contributed by atoms with E-state index in [0.29, 0.717) is 12.1 Å². The fraction of sp³-hybridized carbons (Fsp3) is 0.692. The van der Waals surface area contributed by atoms with Gasteiger partial charge in [0.1, 0.15) is 4.88 Å². The first kappa shape index (κ1) is 12.1. The Balaban J connectivity index is 1.78. The first-order valence-electron chi connectivity index (χ1n) is 6.63. The van der Waals surface area contributed by atoms with E-state index in [2.05, 4.69) is 10.3 Å². The maximum absolute atomic E-state index is 12.5. The van der Waals surface area contributed by atoms with Gasteiger partial charge >= 0.3 is 0 Å². The summed E-state index contributed by atoms with van der Waals surface area (Å²) in [7, 11) is 0. The van der Waals surface area contributed by atoms with Crippen molar-refractivity contribution < 1.29 is 4.79 Å². The number of rotatable bonds is 1. The Bertz CT molecular complexity index is 471. The predicted octanol–water partition coefficient (Wildman–Crippen LogP) is 1.73. The molecule has 18 heavy (non-hydrogen) atoms. The third kappa shape index (κ3) is 2.17. The van der Waals surface area contributed by atoms with E-state index in [-0.39, 0.29) is 5.91 Å². The van der Waals surface area contributed by atoms with Gasteiger partial charge in [0.25, 0.3) is 5.91 Å². The summed E-state index contributed by atoms with van der Waals surface area (Å²) in [6.45, 7) is 5.62. The number of nitrogens with zero attached hydrogens (tertiary/aromatic N) is 2. The number of fused-ring (bicyclic) bond motifs is 2. The molecule has 3 heterocycles. The second-order valence-electron chi connectivity index (χ2n) is 5.33. The average Bonchev–Trinajstić information content (AvgIpc) is 2.81. The average molecular weight is 265 g/mol. The molecule has 2 aliphatic rings. The van der Waals surface area contributed by atoms with Gasteiger partial charge in [0, 0.05) is 25.2 Å². The minimum Gasteiger partial charge on any atom is -0.336 e. The molecule has 3 rings (SSSR count). The zero-order chi connectivity index (χ0) is 12.7. The van der Waals surface area contributed by atoms with Crippen LogP contribution >= 0.6 is 11.3 Å². The molecule has 2 unspecified atom stereocenters. The number of likely N-dealkylation sites (tertiary alicyclic amines) is 1. The lowest BCUT2D eigenvalue weighted by Gasteiger charge is -2.23. The summed E-state index contributed by atoms with van der Waals surface area (Å²) in [4.78, 5) is 19.7. The highest BCUT2D eigenvalue weighted by atomic mass is 32.1. The fourth-order valence-electron chi connectivity index (χ4n) is 3.00. The molecule has 0 spiro atoms. The molecular weight excluding hydrogens is 246 g/mol. The van der Waals surface area contributed by atoms with Gasteiger partial charge in [-0.25, -0.2) is 4.98 Å². The maximum atomic E-state index is 12.5. The monoisotopic (exact) mass is 265 g/mol. The van der Waals surface area contributed by atoms with Crippen LogP contribution in [-0.4, -0.2) is 41.0 Å². The summed E-state index contributed by atoms with van der Waals surface area (Å²) in [5.41, 5.74) is 0.880. The normalized spacial score (nSPS) is 27.3. The van der Waals surface area contributed by atoms with E-state index in [4.69, 9.17) is 0 Å². The van der Waals surface area contributed by atoms with Crippen LogP contribution in [0.3, 0.4) is 0 Å². The summed E-state index contributed by atoms with van der Waals surface area (Å²) in [5, 5.41) is 4.58. The van der Waals surface area contributed by atoms with Gasteiger partial charge in [-0.05, 0) is 33.1 Å². The third-order valence-electron chi connectivity index (χ3n) is 3.91. The summed E-state index contributed by atoms with van der Waals surface area (Å²) in [6, 6.07) is 1.12. The van der Waals surface area contributed by atoms with E-state index >= 15 is 0 Å². The minimum atomic E-state index is 0.174. The van der Waals surface area contributed by atoms with Crippen LogP contribution in [0.4, 0.5) is 0 Å². The molecule has 1 aromatic heterocycles. The van der Waals surface area contributed by atoms with E-state index in [1.165, 1.54) is 24.2 Å². The molecule has 0 aliphatic carbocycles. The Morgan fingerprint density at radius 1 is 1.33 bits per heavy atom. The van der Waals surface area contributed by atoms with Crippen molar-refractivity contribution in [2.75, 3.05) is 13.1 Å². The molecule has 4 nitrogen and oxygen atoms in total. The second kappa shape index (κ2) is 4.63. The molecule has 1 N–H and O–H groups in total. The van der Waals surface area contributed by atoms with Crippen molar-refractivity contribution in [2.24, 2.45) is 0 Å². The fourth-order valence-corrected chi connectivity index (χ4v) is 3.89. The van der Waals surface area contributed by atoms with Gasteiger partial charge in [0.2, 0.25) is 0 Å². The zero-order valence-electron chi connectivity index (χ0n) is 10.9. The molecule has 2 fully saturated rings. The highest BCUT2D eigenvalue weighted by molar-refractivity contribution is 7.13. The molecule has 2 atom stereocenters. The standard InChI is InChI=1S/C13H19N3OS/c1-8-12(18-9(2)14-8)13(17)16-6-5-10-3-4-11(7-16)15-10/h10-11,15H,3-7H2,1-2H3. The Morgan fingerprint density at radius 2 is 2.11 bits per heavy atom. The molecule has 0 radical (unpaired) electrons. The lowest BCUT2D eigenvalue weighted by molar-refractivity contribution is 0.0752. The van der Waals surface area contributed by atoms with Crippen molar-refractivity contribution in [2.45, 2.75) is 45.2 Å². The van der Waals surface area contributed by atoms with E-state index in [1.807, 2.05) is 18.7 Å². The zero-order valence-corrected chi connectivity index (χ0v) is 11.7. The van der Waals surface area contributed by atoms with Crippen molar-refractivity contribution in [1.82, 2.24) is 15.2 Å². The number of hydrogen-bond donors (Lipinski definition) is 1. The number of carbonyl (C=O) groups is 1. The first-order valence-corrected chi connectivity index (χ1v) is 7.44. The van der Waals surface area contributed by atoms with Gasteiger partial charge < -0.3 is 10.2 Å². The van der Waals surface area contributed by atoms with E-state index < -0.39 is 0 Å². The SMILES string of the molecule is Cc1nc(C)c(C(=O)N2CCC3CCC(C2)N3)s1. The minimum absolute atomic E-state index is 0.174. The number of aromatic nitrogens is 1. The van der Waals surface area contributed by atoms with E-state index in [9.17, 15) is 4.79 Å². The summed E-state index contributed by atoms with van der Waals surface area (Å²) >= 11 is 1.52. The highest BCUT2D eigenvalue weighted by Crippen LogP contribution is 2.24. The van der Waals surface area contributed by atoms with Gasteiger partial charge in [-0.3, -0.25) is 4.79 Å². The predicted molar refractivity (Wildman–Crippen MR) is 72.1 cm³/mol. The largest absolute Gasteiger partial charge is 0.336 e. The van der Waals surface area contributed by atoms with Gasteiger partial charge in [0.15, 0.2) is 0 Å². The number of thiazole rings is 1. The molecule has 2 bridgehead atoms. The van der Waals surface area contributed by atoms with E-state index in [0.717, 1.165) is 35.1 Å². The Labute approximate surface area is 111 Å². The first-order chi connectivity index (χ1) is 8.63. The van der Waals surface area contributed by atoms with Crippen LogP contribution in [0.5, 0.6) is 0 Å². The van der Waals surface area contributed by atoms with Gasteiger partial charge in [-0.15, -0.1) is 11.3 Å². The quantitative estimate of drug-likeness (QED) is 0.841. The molecule has 2 saturated heterocycles. The van der Waals surface area contributed by atoms with Crippen LogP contribution in [0.2, 0.25) is 0 Å². The van der Waals surface area contributed by atoms with Crippen molar-refractivity contribution in [1.29, 1.82) is 0 Å². The smallest absolute Gasteiger partial charge is 0.265 e. The molecule has 98 valence electrons. The van der Waals surface area contributed by atoms with Crippen molar-refractivity contribution in [3.8, 4) is 0 Å². The van der Waals surface area contributed by atoms with Crippen LogP contribution in [0.15, 0.2) is 0 Å². The number of carbonyl (C=O) groups excluding carboxylic acids is 1. The van der Waals surface area contributed by atoms with Crippen LogP contribution in [0, 0.1) is 13.8 Å². The summed E-state index contributed by atoms with van der Waals surface area (Å²) < 4.78 is 0. The molecule has 5 heteroatoms. The Kier molecular flexibility index (Phi) is 3.11. The van der Waals surface area contributed by atoms with E-state index in [1.54, 1.807) is 0 Å². The maximum Gasteiger partial charge on any atom is 0.265 e. The summed E-state index contributed by atoms with van der Waals surface area (Å²) in [6.07, 6.45) is 3.56. The number of hydrogen-bond acceptors (Lipinski definition) is 4. The van der Waals surface area contributed by atoms with Crippen molar-refractivity contribution in [3.63, 3.8) is 0 Å². The van der Waals surface area contributed by atoms with Crippen molar-refractivity contribution in [3.05, 3.63) is 15.6 Å². The number of nitrogens with one attached hydrogen (secondary N) is 1. The topological polar surface area (TPSA) is 45.2 Å². The number of aryl methyl sites for hydroxylation is 2. The molecule has 2 aliphatic heterocycles. The van der Waals surface area contributed by atoms with Crippen LogP contribution < -0.4 is 5.32 Å². The summed E-state index contributed by atoms with van der Waals surface area (Å²) in [5.74, 6) is 0.174. The number of amides is 1. The lowest BCUT2D eigenvalue weighted by Crippen LogP contribution is -2.39. The molecule has 0 saturated carbocycles. The van der Waals surface area contributed by atoms with Gasteiger partial charge in [-0.1, -0.05) is 0 Å². The lowest BCUT2D eigenvalue weighted by atomic mass is 10.1. The highest BCUT2D eigenvalue weighted by Gasteiger charge is 2.32. The molecule has 1 amide bonds. The third-order valence-corrected chi connectivity index (χ3v) is 4.97. The van der Waals surface area contributed by atoms with Gasteiger partial charge in [-0.2, -0.15) is 0 Å². The van der Waals surface area contributed by atoms with Crippen molar-refractivity contribution >= 4 is 17.2 Å². The Hall–Kier alpha value is -0.940. The Morgan fingerprint density at radius 3 is 2.83 bits per heavy atom. The molecule has 1 aromatic rings. The van der Waals surface area contributed by atoms with Crippen LogP contribution in [0.25, 0.3) is 0 Å². The van der Waals surface area contributed by atoms with Crippen LogP contribution in [0.1, 0.15) is 39.6 Å². The van der Waals surface area contributed by atoms with Gasteiger partial charge in [0.05, 0.1) is 10.7 Å². The van der Waals surface area contributed by atoms with Crippen LogP contribution in [-0.2, 0) is 0 Å². The second-order valence-corrected chi connectivity index (χ2v) is 6.53.